The molecule has 0 bridgehead atoms. The molecule has 1 rings (SSSR count). The predicted molar refractivity (Wildman–Crippen MR) is 58.3 cm³/mol. The van der Waals surface area contributed by atoms with Crippen LogP contribution >= 0.6 is 0 Å². The molecule has 4 nitrogen and oxygen atoms in total. The van der Waals surface area contributed by atoms with Crippen molar-refractivity contribution in [2.75, 3.05) is 0 Å². The van der Waals surface area contributed by atoms with Gasteiger partial charge in [-0.15, -0.1) is 0 Å². The first-order valence-electron chi connectivity index (χ1n) is 5.11. The standard InChI is InChI=1S/C11H13F3N2O2/c12-11(13,14)7-3-1-6(2-4-7)5-8(15)9(17)10(16)18/h1-4,8-9,17H,5,15H2,(H2,16,18). The predicted octanol–water partition coefficient (Wildman–Crippen LogP) is 0.421. The molecule has 1 amide bonds. The van der Waals surface area contributed by atoms with Crippen molar-refractivity contribution in [1.29, 1.82) is 0 Å². The van der Waals surface area contributed by atoms with Gasteiger partial charge in [0.2, 0.25) is 5.91 Å². The van der Waals surface area contributed by atoms with E-state index in [0.717, 1.165) is 12.1 Å². The van der Waals surface area contributed by atoms with Gasteiger partial charge in [0.25, 0.3) is 0 Å². The third kappa shape index (κ3) is 3.71. The molecule has 2 atom stereocenters. The maximum absolute atomic E-state index is 12.3. The fraction of sp³-hybridized carbons (Fsp3) is 0.364. The minimum Gasteiger partial charge on any atom is -0.382 e. The Morgan fingerprint density at radius 2 is 1.78 bits per heavy atom. The molecule has 0 aliphatic rings. The van der Waals surface area contributed by atoms with Crippen molar-refractivity contribution < 1.29 is 23.1 Å². The van der Waals surface area contributed by atoms with Crippen LogP contribution in [0.15, 0.2) is 24.3 Å². The summed E-state index contributed by atoms with van der Waals surface area (Å²) in [6, 6.07) is 3.38. The van der Waals surface area contributed by atoms with Gasteiger partial charge in [0, 0.05) is 6.04 Å². The lowest BCUT2D eigenvalue weighted by Crippen LogP contribution is -2.45. The van der Waals surface area contributed by atoms with Crippen LogP contribution in [0.3, 0.4) is 0 Å². The molecule has 0 radical (unpaired) electrons. The Balaban J connectivity index is 2.73. The molecular formula is C11H13F3N2O2. The minimum absolute atomic E-state index is 0.0578. The van der Waals surface area contributed by atoms with E-state index in [2.05, 4.69) is 0 Å². The first-order chi connectivity index (χ1) is 8.21. The maximum Gasteiger partial charge on any atom is 0.416 e. The summed E-state index contributed by atoms with van der Waals surface area (Å²) in [4.78, 5) is 10.7. The quantitative estimate of drug-likeness (QED) is 0.734. The summed E-state index contributed by atoms with van der Waals surface area (Å²) in [5, 5.41) is 9.26. The van der Waals surface area contributed by atoms with E-state index in [1.54, 1.807) is 0 Å². The molecule has 18 heavy (non-hydrogen) atoms. The fourth-order valence-electron chi connectivity index (χ4n) is 1.42. The van der Waals surface area contributed by atoms with Crippen LogP contribution in [0, 0.1) is 0 Å². The molecule has 7 heteroatoms. The smallest absolute Gasteiger partial charge is 0.382 e. The van der Waals surface area contributed by atoms with Gasteiger partial charge in [0.15, 0.2) is 0 Å². The Hall–Kier alpha value is -1.60. The molecule has 2 unspecified atom stereocenters. The van der Waals surface area contributed by atoms with Crippen LogP contribution in [0.25, 0.3) is 0 Å². The number of hydrogen-bond donors (Lipinski definition) is 3. The first-order valence-corrected chi connectivity index (χ1v) is 5.11. The van der Waals surface area contributed by atoms with Gasteiger partial charge in [-0.05, 0) is 24.1 Å². The van der Waals surface area contributed by atoms with Gasteiger partial charge in [-0.1, -0.05) is 12.1 Å². The van der Waals surface area contributed by atoms with Gasteiger partial charge in [-0.3, -0.25) is 4.79 Å². The molecule has 0 aliphatic heterocycles. The highest BCUT2D eigenvalue weighted by Gasteiger charge is 2.30. The van der Waals surface area contributed by atoms with Crippen LogP contribution < -0.4 is 11.5 Å². The zero-order valence-electron chi connectivity index (χ0n) is 9.32. The third-order valence-electron chi connectivity index (χ3n) is 2.45. The average molecular weight is 262 g/mol. The van der Waals surface area contributed by atoms with Crippen LogP contribution in [-0.4, -0.2) is 23.2 Å². The molecule has 1 aromatic carbocycles. The highest BCUT2D eigenvalue weighted by atomic mass is 19.4. The molecule has 0 fully saturated rings. The second kappa shape index (κ2) is 5.36. The number of benzene rings is 1. The molecule has 0 aliphatic carbocycles. The minimum atomic E-state index is -4.40. The Labute approximate surface area is 101 Å². The maximum atomic E-state index is 12.3. The Kier molecular flexibility index (Phi) is 4.31. The van der Waals surface area contributed by atoms with Gasteiger partial charge in [0.05, 0.1) is 5.56 Å². The van der Waals surface area contributed by atoms with Crippen molar-refractivity contribution in [2.24, 2.45) is 11.5 Å². The molecule has 100 valence electrons. The lowest BCUT2D eigenvalue weighted by Gasteiger charge is -2.16. The van der Waals surface area contributed by atoms with Gasteiger partial charge < -0.3 is 16.6 Å². The number of rotatable bonds is 4. The zero-order valence-corrected chi connectivity index (χ0v) is 9.32. The number of alkyl halides is 3. The van der Waals surface area contributed by atoms with E-state index in [1.165, 1.54) is 12.1 Å². The summed E-state index contributed by atoms with van der Waals surface area (Å²) < 4.78 is 36.9. The van der Waals surface area contributed by atoms with Crippen LogP contribution in [0.5, 0.6) is 0 Å². The molecule has 0 heterocycles. The van der Waals surface area contributed by atoms with Crippen molar-refractivity contribution >= 4 is 5.91 Å². The number of halogens is 3. The number of carbonyl (C=O) groups excluding carboxylic acids is 1. The fourth-order valence-corrected chi connectivity index (χ4v) is 1.42. The molecule has 0 saturated carbocycles. The average Bonchev–Trinajstić information content (AvgIpc) is 2.27. The van der Waals surface area contributed by atoms with Crippen molar-refractivity contribution in [2.45, 2.75) is 24.7 Å². The van der Waals surface area contributed by atoms with Crippen molar-refractivity contribution in [3.05, 3.63) is 35.4 Å². The third-order valence-corrected chi connectivity index (χ3v) is 2.45. The SMILES string of the molecule is NC(=O)C(O)C(N)Cc1ccc(C(F)(F)F)cc1. The molecule has 0 aromatic heterocycles. The number of carbonyl (C=O) groups is 1. The van der Waals surface area contributed by atoms with Gasteiger partial charge in [-0.2, -0.15) is 13.2 Å². The summed E-state index contributed by atoms with van der Waals surface area (Å²) in [5.74, 6) is -0.964. The Bertz CT molecular complexity index is 417. The highest BCUT2D eigenvalue weighted by Crippen LogP contribution is 2.29. The van der Waals surface area contributed by atoms with Gasteiger partial charge >= 0.3 is 6.18 Å². The van der Waals surface area contributed by atoms with Crippen LogP contribution in [0.2, 0.25) is 0 Å². The lowest BCUT2D eigenvalue weighted by atomic mass is 10.0. The largest absolute Gasteiger partial charge is 0.416 e. The van der Waals surface area contributed by atoms with E-state index >= 15 is 0 Å². The van der Waals surface area contributed by atoms with E-state index in [0.29, 0.717) is 5.56 Å². The van der Waals surface area contributed by atoms with Crippen molar-refractivity contribution in [1.82, 2.24) is 0 Å². The van der Waals surface area contributed by atoms with Crippen molar-refractivity contribution in [3.63, 3.8) is 0 Å². The molecular weight excluding hydrogens is 249 g/mol. The number of aliphatic hydroxyl groups excluding tert-OH is 1. The molecule has 5 N–H and O–H groups in total. The molecule has 0 spiro atoms. The van der Waals surface area contributed by atoms with E-state index < -0.39 is 29.8 Å². The summed E-state index contributed by atoms with van der Waals surface area (Å²) in [7, 11) is 0. The lowest BCUT2D eigenvalue weighted by molar-refractivity contribution is -0.137. The Morgan fingerprint density at radius 3 is 2.17 bits per heavy atom. The number of amides is 1. The van der Waals surface area contributed by atoms with Gasteiger partial charge in [0.1, 0.15) is 6.10 Å². The van der Waals surface area contributed by atoms with E-state index in [9.17, 15) is 23.1 Å². The molecule has 0 saturated heterocycles. The number of hydrogen-bond acceptors (Lipinski definition) is 3. The number of aliphatic hydroxyl groups is 1. The Morgan fingerprint density at radius 1 is 1.28 bits per heavy atom. The van der Waals surface area contributed by atoms with Gasteiger partial charge in [-0.25, -0.2) is 0 Å². The summed E-state index contributed by atoms with van der Waals surface area (Å²) >= 11 is 0. The number of nitrogens with two attached hydrogens (primary N) is 2. The highest BCUT2D eigenvalue weighted by molar-refractivity contribution is 5.79. The number of primary amides is 1. The summed E-state index contributed by atoms with van der Waals surface area (Å²) in [6.07, 6.45) is -5.86. The summed E-state index contributed by atoms with van der Waals surface area (Å²) in [5.41, 5.74) is 10.1. The van der Waals surface area contributed by atoms with Crippen LogP contribution in [-0.2, 0) is 17.4 Å². The van der Waals surface area contributed by atoms with Crippen LogP contribution in [0.1, 0.15) is 11.1 Å². The zero-order chi connectivity index (χ0) is 13.9. The second-order valence-electron chi connectivity index (χ2n) is 3.91. The first kappa shape index (κ1) is 14.5. The normalized spacial score (nSPS) is 15.2. The summed E-state index contributed by atoms with van der Waals surface area (Å²) in [6.45, 7) is 0. The monoisotopic (exact) mass is 262 g/mol. The topological polar surface area (TPSA) is 89.3 Å². The van der Waals surface area contributed by atoms with E-state index in [4.69, 9.17) is 11.5 Å². The van der Waals surface area contributed by atoms with Crippen LogP contribution in [0.4, 0.5) is 13.2 Å². The van der Waals surface area contributed by atoms with E-state index in [1.807, 2.05) is 0 Å². The van der Waals surface area contributed by atoms with E-state index in [-0.39, 0.29) is 6.42 Å². The van der Waals surface area contributed by atoms with Crippen molar-refractivity contribution in [3.8, 4) is 0 Å². The molecule has 1 aromatic rings. The second-order valence-corrected chi connectivity index (χ2v) is 3.91.